The lowest BCUT2D eigenvalue weighted by atomic mass is 9.42. The molecule has 0 saturated heterocycles. The van der Waals surface area contributed by atoms with Crippen molar-refractivity contribution in [3.63, 3.8) is 0 Å². The number of benzene rings is 10. The van der Waals surface area contributed by atoms with Gasteiger partial charge in [-0.2, -0.15) is 0 Å². The molecule has 62 heavy (non-hydrogen) atoms. The van der Waals surface area contributed by atoms with Crippen LogP contribution in [-0.2, 0) is 5.41 Å². The lowest BCUT2D eigenvalue weighted by molar-refractivity contribution is -0.0418. The van der Waals surface area contributed by atoms with Gasteiger partial charge in [-0.3, -0.25) is 0 Å². The quantitative estimate of drug-likeness (QED) is 0.147. The van der Waals surface area contributed by atoms with Crippen LogP contribution in [0.1, 0.15) is 43.2 Å². The number of rotatable bonds is 6. The van der Waals surface area contributed by atoms with Gasteiger partial charge in [0.05, 0.1) is 0 Å². The monoisotopic (exact) mass is 792 g/mol. The van der Waals surface area contributed by atoms with Crippen LogP contribution < -0.4 is 0 Å². The highest BCUT2D eigenvalue weighted by atomic mass is 14.6. The summed E-state index contributed by atoms with van der Waals surface area (Å²) in [4.78, 5) is 0. The molecule has 4 saturated carbocycles. The third kappa shape index (κ3) is 5.32. The standard InChI is InChI=1S/C62H48/c1-3-15-42(16-4-1)58-50-19-7-11-23-54(50)60(55-24-12-8-20-51(55)58)44-27-31-46(32-28-44)62(48-36-40-35-41(38-48)39-49(62)37-40)47-33-29-45(30-34-47)61-56-25-13-9-21-52(56)59(43-17-5-2-6-18-43)53-22-10-14-26-57(53)61/h1-34,40-41,48-49H,35-39H2. The zero-order valence-electron chi connectivity index (χ0n) is 35.0. The van der Waals surface area contributed by atoms with Crippen LogP contribution in [0.4, 0.5) is 0 Å². The highest BCUT2D eigenvalue weighted by Gasteiger charge is 2.58. The summed E-state index contributed by atoms with van der Waals surface area (Å²) in [6, 6.07) is 78.2. The van der Waals surface area contributed by atoms with Crippen molar-refractivity contribution >= 4 is 43.1 Å². The average Bonchev–Trinajstić information content (AvgIpc) is 3.33. The minimum atomic E-state index is 0.00703. The molecule has 14 rings (SSSR count). The molecule has 296 valence electrons. The molecule has 10 aromatic carbocycles. The Bertz CT molecular complexity index is 2970. The van der Waals surface area contributed by atoms with Crippen LogP contribution in [0.2, 0.25) is 0 Å². The molecule has 0 amide bonds. The third-order valence-corrected chi connectivity index (χ3v) is 15.7. The molecule has 0 unspecified atom stereocenters. The van der Waals surface area contributed by atoms with Gasteiger partial charge in [0.2, 0.25) is 0 Å². The molecule has 0 nitrogen and oxygen atoms in total. The number of hydrogen-bond donors (Lipinski definition) is 0. The summed E-state index contributed by atoms with van der Waals surface area (Å²) in [5.74, 6) is 3.08. The van der Waals surface area contributed by atoms with E-state index in [4.69, 9.17) is 0 Å². The molecule has 10 aromatic rings. The van der Waals surface area contributed by atoms with Crippen LogP contribution in [0.15, 0.2) is 206 Å². The molecule has 0 atom stereocenters. The predicted octanol–water partition coefficient (Wildman–Crippen LogP) is 16.7. The van der Waals surface area contributed by atoms with Gasteiger partial charge >= 0.3 is 0 Å². The van der Waals surface area contributed by atoms with Gasteiger partial charge in [0.1, 0.15) is 0 Å². The van der Waals surface area contributed by atoms with Crippen molar-refractivity contribution in [3.05, 3.63) is 217 Å². The minimum absolute atomic E-state index is 0.00703. The van der Waals surface area contributed by atoms with Gasteiger partial charge < -0.3 is 0 Å². The van der Waals surface area contributed by atoms with Crippen LogP contribution in [-0.4, -0.2) is 0 Å². The van der Waals surface area contributed by atoms with Crippen molar-refractivity contribution in [2.45, 2.75) is 37.5 Å². The fourth-order valence-corrected chi connectivity index (χ4v) is 13.6. The van der Waals surface area contributed by atoms with Crippen LogP contribution in [0.25, 0.3) is 87.6 Å². The Kier molecular flexibility index (Phi) is 8.20. The van der Waals surface area contributed by atoms with Crippen molar-refractivity contribution in [2.75, 3.05) is 0 Å². The van der Waals surface area contributed by atoms with Gasteiger partial charge in [0.25, 0.3) is 0 Å². The van der Waals surface area contributed by atoms with E-state index >= 15 is 0 Å². The normalized spacial score (nSPS) is 20.1. The molecule has 0 heterocycles. The highest BCUT2D eigenvalue weighted by molar-refractivity contribution is 6.22. The summed E-state index contributed by atoms with van der Waals surface area (Å²) in [5.41, 5.74) is 13.5. The Morgan fingerprint density at radius 1 is 0.242 bits per heavy atom. The average molecular weight is 793 g/mol. The van der Waals surface area contributed by atoms with E-state index in [9.17, 15) is 0 Å². The number of fused-ring (bicyclic) bond motifs is 4. The van der Waals surface area contributed by atoms with Crippen molar-refractivity contribution in [2.24, 2.45) is 23.7 Å². The first-order valence-corrected chi connectivity index (χ1v) is 22.9. The van der Waals surface area contributed by atoms with Crippen molar-refractivity contribution < 1.29 is 0 Å². The molecular weight excluding hydrogens is 745 g/mol. The second-order valence-electron chi connectivity index (χ2n) is 18.7. The van der Waals surface area contributed by atoms with Gasteiger partial charge in [-0.05, 0) is 155 Å². The summed E-state index contributed by atoms with van der Waals surface area (Å²) >= 11 is 0. The molecule has 4 aliphatic carbocycles. The first-order valence-electron chi connectivity index (χ1n) is 22.9. The zero-order valence-corrected chi connectivity index (χ0v) is 35.0. The Balaban J connectivity index is 0.967. The van der Waals surface area contributed by atoms with Crippen LogP contribution >= 0.6 is 0 Å². The van der Waals surface area contributed by atoms with Crippen molar-refractivity contribution in [3.8, 4) is 44.5 Å². The molecule has 0 aromatic heterocycles. The largest absolute Gasteiger partial charge is 0.0622 e. The molecule has 0 heteroatoms. The first kappa shape index (κ1) is 35.9. The molecule has 0 radical (unpaired) electrons. The smallest absolute Gasteiger partial charge is 0.0259 e. The van der Waals surface area contributed by atoms with Crippen LogP contribution in [0, 0.1) is 23.7 Å². The molecule has 4 aliphatic rings. The summed E-state index contributed by atoms with van der Waals surface area (Å²) in [6.07, 6.45) is 6.84. The Labute approximate surface area is 364 Å². The Hall–Kier alpha value is -6.76. The van der Waals surface area contributed by atoms with Gasteiger partial charge in [-0.15, -0.1) is 0 Å². The molecule has 0 N–H and O–H groups in total. The van der Waals surface area contributed by atoms with E-state index in [0.29, 0.717) is 11.8 Å². The summed E-state index contributed by atoms with van der Waals surface area (Å²) in [7, 11) is 0. The Morgan fingerprint density at radius 3 is 0.758 bits per heavy atom. The summed E-state index contributed by atoms with van der Waals surface area (Å²) in [5, 5.41) is 10.5. The molecular formula is C62H48. The third-order valence-electron chi connectivity index (χ3n) is 15.7. The summed E-state index contributed by atoms with van der Waals surface area (Å²) < 4.78 is 0. The van der Waals surface area contributed by atoms with Gasteiger partial charge in [-0.25, -0.2) is 0 Å². The van der Waals surface area contributed by atoms with E-state index in [1.807, 2.05) is 0 Å². The van der Waals surface area contributed by atoms with E-state index in [0.717, 1.165) is 11.8 Å². The van der Waals surface area contributed by atoms with Crippen LogP contribution in [0.3, 0.4) is 0 Å². The molecule has 0 aliphatic heterocycles. The van der Waals surface area contributed by atoms with E-state index in [-0.39, 0.29) is 5.41 Å². The zero-order chi connectivity index (χ0) is 40.8. The lowest BCUT2D eigenvalue weighted by Crippen LogP contribution is -2.56. The highest BCUT2D eigenvalue weighted by Crippen LogP contribution is 2.65. The maximum absolute atomic E-state index is 2.55. The second kappa shape index (κ2) is 14.1. The van der Waals surface area contributed by atoms with E-state index in [2.05, 4.69) is 206 Å². The maximum Gasteiger partial charge on any atom is 0.0259 e. The lowest BCUT2D eigenvalue weighted by Gasteiger charge is -2.62. The van der Waals surface area contributed by atoms with E-state index < -0.39 is 0 Å². The molecule has 4 fully saturated rings. The van der Waals surface area contributed by atoms with E-state index in [1.54, 1.807) is 0 Å². The fourth-order valence-electron chi connectivity index (χ4n) is 13.6. The van der Waals surface area contributed by atoms with Crippen molar-refractivity contribution in [1.29, 1.82) is 0 Å². The Morgan fingerprint density at radius 2 is 0.484 bits per heavy atom. The van der Waals surface area contributed by atoms with Gasteiger partial charge in [0, 0.05) is 5.41 Å². The predicted molar refractivity (Wildman–Crippen MR) is 262 cm³/mol. The minimum Gasteiger partial charge on any atom is -0.0622 e. The van der Waals surface area contributed by atoms with Crippen LogP contribution in [0.5, 0.6) is 0 Å². The fraction of sp³-hybridized carbons (Fsp3) is 0.161. The van der Waals surface area contributed by atoms with Crippen molar-refractivity contribution in [1.82, 2.24) is 0 Å². The topological polar surface area (TPSA) is 0 Å². The first-order chi connectivity index (χ1) is 30.7. The van der Waals surface area contributed by atoms with Gasteiger partial charge in [0.15, 0.2) is 0 Å². The molecule has 4 bridgehead atoms. The number of hydrogen-bond acceptors (Lipinski definition) is 0. The molecule has 0 spiro atoms. The second-order valence-corrected chi connectivity index (χ2v) is 18.7. The van der Waals surface area contributed by atoms with E-state index in [1.165, 1.54) is 131 Å². The summed E-state index contributed by atoms with van der Waals surface area (Å²) in [6.45, 7) is 0. The van der Waals surface area contributed by atoms with Gasteiger partial charge in [-0.1, -0.05) is 206 Å². The maximum atomic E-state index is 2.55. The SMILES string of the molecule is c1ccc(-c2c3ccccc3c(-c3ccc(C4(c5ccc(-c6c7ccccc7c(-c7ccccc7)c7ccccc67)cc5)C5CC6CC(C5)CC4C6)cc3)c3ccccc23)cc1.